The predicted molar refractivity (Wildman–Crippen MR) is 183 cm³/mol. The molecule has 2 aromatic rings. The Hall–Kier alpha value is -3.67. The molecule has 19 nitrogen and oxygen atoms in total. The van der Waals surface area contributed by atoms with Gasteiger partial charge in [-0.05, 0) is 54.8 Å². The van der Waals surface area contributed by atoms with Crippen LogP contribution < -0.4 is 9.47 Å². The van der Waals surface area contributed by atoms with E-state index in [2.05, 4.69) is 0 Å². The molecule has 9 N–H and O–H groups in total. The third-order valence-electron chi connectivity index (χ3n) is 9.38. The summed E-state index contributed by atoms with van der Waals surface area (Å²) in [6.07, 6.45) is -18.8. The lowest BCUT2D eigenvalue weighted by Crippen LogP contribution is -2.63. The molecule has 5 rings (SSSR count). The van der Waals surface area contributed by atoms with Gasteiger partial charge in [0.2, 0.25) is 0 Å². The van der Waals surface area contributed by atoms with E-state index in [-0.39, 0.29) is 36.0 Å². The Balaban J connectivity index is 1.27. The second-order valence-electron chi connectivity index (χ2n) is 13.2. The normalized spacial score (nSPS) is 35.4. The number of rotatable bonds is 14. The van der Waals surface area contributed by atoms with Gasteiger partial charge in [0.25, 0.3) is 0 Å². The zero-order valence-electron chi connectivity index (χ0n) is 30.1. The van der Waals surface area contributed by atoms with Crippen LogP contribution >= 0.6 is 0 Å². The summed E-state index contributed by atoms with van der Waals surface area (Å²) in [6.45, 7) is 0.391. The van der Waals surface area contributed by atoms with Gasteiger partial charge in [-0.3, -0.25) is 0 Å². The number of aliphatic hydroxyl groups excluding tert-OH is 7. The maximum atomic E-state index is 12.9. The molecule has 306 valence electrons. The Labute approximate surface area is 315 Å². The lowest BCUT2D eigenvalue weighted by atomic mass is 9.98. The minimum absolute atomic E-state index is 0.0682. The molecular formula is C36H48O19. The molecule has 3 saturated heterocycles. The smallest absolute Gasteiger partial charge is 0.331 e. The summed E-state index contributed by atoms with van der Waals surface area (Å²) in [4.78, 5) is 12.9. The van der Waals surface area contributed by atoms with E-state index in [1.807, 2.05) is 0 Å². The number of phenolic OH excluding ortho intramolecular Hbond substituents is 2. The van der Waals surface area contributed by atoms with Gasteiger partial charge in [0.1, 0.15) is 54.9 Å². The minimum atomic E-state index is -1.73. The topological polar surface area (TPSA) is 282 Å². The van der Waals surface area contributed by atoms with E-state index in [1.54, 1.807) is 12.1 Å². The van der Waals surface area contributed by atoms with E-state index < -0.39 is 105 Å². The third-order valence-corrected chi connectivity index (χ3v) is 9.38. The monoisotopic (exact) mass is 784 g/mol. The molecule has 0 bridgehead atoms. The number of phenols is 2. The highest BCUT2D eigenvalue weighted by molar-refractivity contribution is 5.87. The molecule has 55 heavy (non-hydrogen) atoms. The van der Waals surface area contributed by atoms with Crippen molar-refractivity contribution in [2.24, 2.45) is 0 Å². The number of ether oxygens (including phenoxy) is 9. The van der Waals surface area contributed by atoms with Crippen LogP contribution in [0.5, 0.6) is 23.0 Å². The molecule has 0 saturated carbocycles. The van der Waals surface area contributed by atoms with Crippen LogP contribution in [0.4, 0.5) is 0 Å². The fourth-order valence-corrected chi connectivity index (χ4v) is 6.19. The van der Waals surface area contributed by atoms with Gasteiger partial charge in [-0.1, -0.05) is 12.1 Å². The van der Waals surface area contributed by atoms with Crippen molar-refractivity contribution < 1.29 is 93.4 Å². The van der Waals surface area contributed by atoms with Crippen LogP contribution in [0.25, 0.3) is 6.08 Å². The molecule has 0 spiro atoms. The summed E-state index contributed by atoms with van der Waals surface area (Å²) in [5, 5.41) is 94.6. The number of esters is 1. The zero-order valence-corrected chi connectivity index (χ0v) is 30.1. The first kappa shape index (κ1) is 42.5. The zero-order chi connectivity index (χ0) is 40.0. The van der Waals surface area contributed by atoms with Crippen LogP contribution in [0.2, 0.25) is 0 Å². The summed E-state index contributed by atoms with van der Waals surface area (Å²) in [6, 6.07) is 9.06. The number of methoxy groups -OCH3 is 2. The van der Waals surface area contributed by atoms with Gasteiger partial charge < -0.3 is 88.6 Å². The molecule has 0 aromatic heterocycles. The van der Waals surface area contributed by atoms with Crippen LogP contribution in [-0.2, 0) is 44.4 Å². The highest BCUT2D eigenvalue weighted by Crippen LogP contribution is 2.31. The Morgan fingerprint density at radius 1 is 0.764 bits per heavy atom. The van der Waals surface area contributed by atoms with E-state index >= 15 is 0 Å². The number of hydrogen-bond acceptors (Lipinski definition) is 19. The van der Waals surface area contributed by atoms with Crippen LogP contribution in [0.3, 0.4) is 0 Å². The standard InChI is InChI=1S/C36H48O19/c1-16-26(41)28(43)29(44)36(52-16)55-32-21(39)14-50-34(30(32)45)51-15-24-27(42)33(54-25(40)9-6-17-4-7-19(37)23(13-17)48-3)31(46)35(53-24)49-11-10-18-5-8-22(47-2)20(38)12-18/h4-9,12-13,16,21,24,26-39,41-46H,10-11,14-15H2,1-3H3/t16-,21+,24+,26-,27+,28+,29+,30+,31+,32-,33-,34-,35+,36-/m0/s1. The van der Waals surface area contributed by atoms with Crippen molar-refractivity contribution in [1.82, 2.24) is 0 Å². The maximum absolute atomic E-state index is 12.9. The highest BCUT2D eigenvalue weighted by Gasteiger charge is 2.50. The second-order valence-corrected chi connectivity index (χ2v) is 13.2. The van der Waals surface area contributed by atoms with Crippen molar-refractivity contribution >= 4 is 12.0 Å². The Morgan fingerprint density at radius 2 is 1.49 bits per heavy atom. The number of hydrogen-bond donors (Lipinski definition) is 9. The van der Waals surface area contributed by atoms with Crippen molar-refractivity contribution in [3.05, 3.63) is 53.6 Å². The van der Waals surface area contributed by atoms with Crippen molar-refractivity contribution in [2.75, 3.05) is 34.0 Å². The molecule has 0 aliphatic carbocycles. The van der Waals surface area contributed by atoms with E-state index in [4.69, 9.17) is 42.6 Å². The first-order chi connectivity index (χ1) is 26.2. The lowest BCUT2D eigenvalue weighted by molar-refractivity contribution is -0.351. The number of carbonyl (C=O) groups is 1. The van der Waals surface area contributed by atoms with Crippen LogP contribution in [-0.4, -0.2) is 172 Å². The van der Waals surface area contributed by atoms with Crippen LogP contribution in [0.15, 0.2) is 42.5 Å². The highest BCUT2D eigenvalue weighted by atomic mass is 16.7. The number of aliphatic hydroxyl groups is 7. The minimum Gasteiger partial charge on any atom is -0.504 e. The molecule has 0 amide bonds. The molecule has 3 aliphatic heterocycles. The van der Waals surface area contributed by atoms with Gasteiger partial charge in [-0.15, -0.1) is 0 Å². The summed E-state index contributed by atoms with van der Waals surface area (Å²) < 4.78 is 49.5. The van der Waals surface area contributed by atoms with E-state index in [0.717, 1.165) is 6.08 Å². The molecule has 3 aliphatic rings. The lowest BCUT2D eigenvalue weighted by Gasteiger charge is -2.44. The van der Waals surface area contributed by atoms with Gasteiger partial charge in [-0.2, -0.15) is 0 Å². The molecule has 2 aromatic carbocycles. The largest absolute Gasteiger partial charge is 0.504 e. The van der Waals surface area contributed by atoms with Crippen LogP contribution in [0.1, 0.15) is 18.1 Å². The summed E-state index contributed by atoms with van der Waals surface area (Å²) in [5.74, 6) is -0.755. The van der Waals surface area contributed by atoms with Crippen molar-refractivity contribution in [1.29, 1.82) is 0 Å². The summed E-state index contributed by atoms with van der Waals surface area (Å²) in [5.41, 5.74) is 1.11. The Bertz CT molecular complexity index is 1590. The van der Waals surface area contributed by atoms with E-state index in [9.17, 15) is 50.8 Å². The average molecular weight is 785 g/mol. The maximum Gasteiger partial charge on any atom is 0.331 e. The Kier molecular flexibility index (Phi) is 14.7. The number of aromatic hydroxyl groups is 2. The number of carbonyl (C=O) groups excluding carboxylic acids is 1. The quantitative estimate of drug-likeness (QED) is 0.0744. The van der Waals surface area contributed by atoms with Gasteiger partial charge >= 0.3 is 5.97 Å². The van der Waals surface area contributed by atoms with Crippen LogP contribution in [0, 0.1) is 0 Å². The Morgan fingerprint density at radius 3 is 2.20 bits per heavy atom. The van der Waals surface area contributed by atoms with E-state index in [1.165, 1.54) is 51.5 Å². The van der Waals surface area contributed by atoms with Crippen molar-refractivity contribution in [2.45, 2.75) is 99.4 Å². The SMILES string of the molecule is COc1ccc(CCO[C@@H]2O[C@H](CO[C@@H]3OC[C@@H](O)[C@H](O[C@@H]4O[C@@H](C)[C@H](O)[C@@H](O)[C@H]4O)[C@H]3O)[C@@H](O)[C@H](OC(=O)C=Cc3ccc(O)c(OC)c3)[C@H]2O)cc1O. The fourth-order valence-electron chi connectivity index (χ4n) is 6.19. The van der Waals surface area contributed by atoms with E-state index in [0.29, 0.717) is 11.1 Å². The fraction of sp³-hybridized carbons (Fsp3) is 0.583. The van der Waals surface area contributed by atoms with Crippen molar-refractivity contribution in [3.63, 3.8) is 0 Å². The molecule has 3 heterocycles. The van der Waals surface area contributed by atoms with Crippen molar-refractivity contribution in [3.8, 4) is 23.0 Å². The summed E-state index contributed by atoms with van der Waals surface area (Å²) in [7, 11) is 2.77. The predicted octanol–water partition coefficient (Wildman–Crippen LogP) is -1.95. The van der Waals surface area contributed by atoms with Gasteiger partial charge in [0.15, 0.2) is 48.0 Å². The van der Waals surface area contributed by atoms with Gasteiger partial charge in [0.05, 0.1) is 40.1 Å². The first-order valence-corrected chi connectivity index (χ1v) is 17.4. The number of benzene rings is 2. The molecular weight excluding hydrogens is 736 g/mol. The molecule has 0 radical (unpaired) electrons. The second kappa shape index (κ2) is 19.0. The third kappa shape index (κ3) is 10.2. The first-order valence-electron chi connectivity index (χ1n) is 17.4. The molecule has 3 fully saturated rings. The van der Waals surface area contributed by atoms with Gasteiger partial charge in [0, 0.05) is 6.08 Å². The average Bonchev–Trinajstić information content (AvgIpc) is 3.16. The molecule has 19 heteroatoms. The summed E-state index contributed by atoms with van der Waals surface area (Å²) >= 11 is 0. The molecule has 14 atom stereocenters. The molecule has 0 unspecified atom stereocenters. The van der Waals surface area contributed by atoms with Gasteiger partial charge in [-0.25, -0.2) is 4.79 Å².